The highest BCUT2D eigenvalue weighted by Gasteiger charge is 2.47. The van der Waals surface area contributed by atoms with Crippen LogP contribution >= 0.6 is 0 Å². The Bertz CT molecular complexity index is 1550. The number of carboxylic acid groups (broad SMARTS) is 1. The smallest absolute Gasteiger partial charge is 0.307 e. The van der Waals surface area contributed by atoms with E-state index in [4.69, 9.17) is 0 Å². The Kier molecular flexibility index (Phi) is 6.85. The van der Waals surface area contributed by atoms with Crippen molar-refractivity contribution in [3.63, 3.8) is 0 Å². The van der Waals surface area contributed by atoms with Gasteiger partial charge in [0.2, 0.25) is 11.5 Å². The molecule has 2 aromatic carbocycles. The number of carbonyl (C=O) groups is 2. The van der Waals surface area contributed by atoms with Gasteiger partial charge < -0.3 is 15.1 Å². The van der Waals surface area contributed by atoms with E-state index in [1.54, 1.807) is 0 Å². The molecule has 0 amide bonds. The van der Waals surface area contributed by atoms with Crippen molar-refractivity contribution in [1.29, 1.82) is 0 Å². The molecule has 0 radical (unpaired) electrons. The lowest BCUT2D eigenvalue weighted by Crippen LogP contribution is -2.32. The molecular formula is C34H39N2O4+. The van der Waals surface area contributed by atoms with Crippen LogP contribution in [0.3, 0.4) is 0 Å². The molecule has 3 aliphatic rings. The molecule has 2 aliphatic heterocycles. The standard InChI is InChI=1S/C34H38N2O4/c1-7-9-16-36-27-15-14-21(18-30(37)38)17-25(27)34(5,6)29(36)20-23-31(39)22(32(23)40)19-28-33(3,4)24-12-10-11-13-26(24)35(28)8-2/h10-15,17,19-20H,7-9,16,18H2,1-6H3,(H-,37,38,39,40)/p+1. The van der Waals surface area contributed by atoms with E-state index in [0.29, 0.717) is 11.1 Å². The van der Waals surface area contributed by atoms with E-state index in [1.165, 1.54) is 5.56 Å². The molecule has 2 N–H and O–H groups in total. The number of benzene rings is 2. The van der Waals surface area contributed by atoms with Gasteiger partial charge in [0, 0.05) is 47.5 Å². The molecule has 6 nitrogen and oxygen atoms in total. The highest BCUT2D eigenvalue weighted by atomic mass is 16.4. The van der Waals surface area contributed by atoms with E-state index in [9.17, 15) is 19.8 Å². The molecule has 0 saturated carbocycles. The highest BCUT2D eigenvalue weighted by Crippen LogP contribution is 2.49. The Balaban J connectivity index is 1.57. The van der Waals surface area contributed by atoms with Crippen LogP contribution in [0.1, 0.15) is 71.1 Å². The number of aliphatic hydroxyl groups is 1. The SMILES string of the molecule is CCCC[N+]1=C(C=C2C(=O)C(/C=C3/N(CC)c4ccccc4C3(C)C)=C2O)C(C)(C)c2cc(CC(=O)O)ccc21. The van der Waals surface area contributed by atoms with Crippen molar-refractivity contribution in [2.75, 3.05) is 18.0 Å². The first kappa shape index (κ1) is 27.6. The van der Waals surface area contributed by atoms with Gasteiger partial charge >= 0.3 is 5.97 Å². The number of nitrogens with zero attached hydrogens (tertiary/aromatic N) is 2. The van der Waals surface area contributed by atoms with Gasteiger partial charge in [-0.15, -0.1) is 0 Å². The van der Waals surface area contributed by atoms with Crippen molar-refractivity contribution in [3.8, 4) is 0 Å². The summed E-state index contributed by atoms with van der Waals surface area (Å²) in [7, 11) is 0. The highest BCUT2D eigenvalue weighted by molar-refractivity contribution is 6.24. The van der Waals surface area contributed by atoms with Crippen LogP contribution in [-0.4, -0.2) is 45.3 Å². The summed E-state index contributed by atoms with van der Waals surface area (Å²) >= 11 is 0. The third-order valence-electron chi connectivity index (χ3n) is 8.72. The fraction of sp³-hybridized carbons (Fsp3) is 0.382. The molecule has 208 valence electrons. The van der Waals surface area contributed by atoms with Crippen molar-refractivity contribution in [3.05, 3.63) is 93.9 Å². The summed E-state index contributed by atoms with van der Waals surface area (Å²) in [6.07, 6.45) is 5.66. The summed E-state index contributed by atoms with van der Waals surface area (Å²) in [5, 5.41) is 20.5. The Morgan fingerprint density at radius 2 is 1.73 bits per heavy atom. The average molecular weight is 540 g/mol. The molecule has 0 unspecified atom stereocenters. The molecule has 1 aliphatic carbocycles. The zero-order valence-electron chi connectivity index (χ0n) is 24.3. The lowest BCUT2D eigenvalue weighted by Gasteiger charge is -2.28. The predicted octanol–water partition coefficient (Wildman–Crippen LogP) is 6.51. The summed E-state index contributed by atoms with van der Waals surface area (Å²) in [6.45, 7) is 14.3. The number of fused-ring (bicyclic) bond motifs is 2. The Hall–Kier alpha value is -3.93. The second kappa shape index (κ2) is 9.92. The first-order valence-corrected chi connectivity index (χ1v) is 14.2. The molecule has 0 fully saturated rings. The van der Waals surface area contributed by atoms with Crippen molar-refractivity contribution >= 4 is 28.8 Å². The van der Waals surface area contributed by atoms with Crippen LogP contribution in [0.5, 0.6) is 0 Å². The number of likely N-dealkylation sites (N-methyl/N-ethyl adjacent to an activating group) is 1. The number of hydrogen-bond acceptors (Lipinski definition) is 4. The monoisotopic (exact) mass is 539 g/mol. The van der Waals surface area contributed by atoms with E-state index in [-0.39, 0.29) is 23.4 Å². The number of hydrogen-bond donors (Lipinski definition) is 2. The van der Waals surface area contributed by atoms with Gasteiger partial charge in [-0.05, 0) is 50.1 Å². The number of anilines is 1. The van der Waals surface area contributed by atoms with Gasteiger partial charge in [0.1, 0.15) is 12.3 Å². The van der Waals surface area contributed by atoms with E-state index < -0.39 is 11.4 Å². The number of allylic oxidation sites excluding steroid dienone is 5. The van der Waals surface area contributed by atoms with Gasteiger partial charge in [0.25, 0.3) is 0 Å². The number of para-hydroxylation sites is 1. The minimum atomic E-state index is -0.864. The number of rotatable bonds is 8. The number of ketones is 1. The third kappa shape index (κ3) is 4.21. The molecular weight excluding hydrogens is 500 g/mol. The maximum absolute atomic E-state index is 13.6. The number of carboxylic acids is 1. The summed E-state index contributed by atoms with van der Waals surface area (Å²) < 4.78 is 2.23. The van der Waals surface area contributed by atoms with Crippen LogP contribution in [0, 0.1) is 0 Å². The van der Waals surface area contributed by atoms with Crippen LogP contribution < -0.4 is 4.90 Å². The fourth-order valence-electron chi connectivity index (χ4n) is 6.45. The zero-order valence-corrected chi connectivity index (χ0v) is 24.3. The zero-order chi connectivity index (χ0) is 29.0. The summed E-state index contributed by atoms with van der Waals surface area (Å²) in [6, 6.07) is 14.1. The third-order valence-corrected chi connectivity index (χ3v) is 8.72. The Morgan fingerprint density at radius 3 is 2.38 bits per heavy atom. The Morgan fingerprint density at radius 1 is 1.00 bits per heavy atom. The second-order valence-electron chi connectivity index (χ2n) is 12.0. The Labute approximate surface area is 236 Å². The molecule has 5 rings (SSSR count). The number of carbonyl (C=O) groups excluding carboxylic acids is 1. The number of aliphatic hydroxyl groups excluding tert-OH is 1. The van der Waals surface area contributed by atoms with Crippen LogP contribution in [0.4, 0.5) is 11.4 Å². The average Bonchev–Trinajstić information content (AvgIpc) is 3.26. The maximum Gasteiger partial charge on any atom is 0.307 e. The van der Waals surface area contributed by atoms with Gasteiger partial charge in [-0.3, -0.25) is 9.59 Å². The van der Waals surface area contributed by atoms with Gasteiger partial charge in [-0.2, -0.15) is 4.58 Å². The lowest BCUT2D eigenvalue weighted by molar-refractivity contribution is -0.438. The maximum atomic E-state index is 13.6. The first-order valence-electron chi connectivity index (χ1n) is 14.2. The minimum Gasteiger partial charge on any atom is -0.506 e. The number of Topliss-reactive ketones (excluding diaryl/α,β-unsaturated/α-hetero) is 1. The summed E-state index contributed by atoms with van der Waals surface area (Å²) in [4.78, 5) is 27.1. The topological polar surface area (TPSA) is 80.8 Å². The largest absolute Gasteiger partial charge is 0.506 e. The molecule has 0 spiro atoms. The van der Waals surface area contributed by atoms with E-state index in [2.05, 4.69) is 63.2 Å². The van der Waals surface area contributed by atoms with Crippen molar-refractivity contribution in [2.24, 2.45) is 0 Å². The molecule has 6 heteroatoms. The molecule has 2 aromatic rings. The fourth-order valence-corrected chi connectivity index (χ4v) is 6.45. The molecule has 2 heterocycles. The van der Waals surface area contributed by atoms with Crippen LogP contribution in [0.15, 0.2) is 77.2 Å². The van der Waals surface area contributed by atoms with Crippen molar-refractivity contribution in [1.82, 2.24) is 0 Å². The van der Waals surface area contributed by atoms with E-state index in [0.717, 1.165) is 59.8 Å². The van der Waals surface area contributed by atoms with Crippen molar-refractivity contribution < 1.29 is 24.4 Å². The lowest BCUT2D eigenvalue weighted by atomic mass is 9.77. The van der Waals surface area contributed by atoms with E-state index in [1.807, 2.05) is 42.5 Å². The second-order valence-corrected chi connectivity index (χ2v) is 12.0. The van der Waals surface area contributed by atoms with Gasteiger partial charge in [0.15, 0.2) is 5.71 Å². The van der Waals surface area contributed by atoms with Gasteiger partial charge in [-0.1, -0.05) is 51.5 Å². The molecule has 40 heavy (non-hydrogen) atoms. The normalized spacial score (nSPS) is 20.9. The summed E-state index contributed by atoms with van der Waals surface area (Å²) in [5.41, 5.74) is 7.01. The molecule has 0 bridgehead atoms. The molecule has 0 saturated heterocycles. The minimum absolute atomic E-state index is 0.0292. The number of unbranched alkanes of at least 4 members (excludes halogenated alkanes) is 1. The first-order chi connectivity index (χ1) is 18.9. The van der Waals surface area contributed by atoms with Crippen LogP contribution in [0.2, 0.25) is 0 Å². The quantitative estimate of drug-likeness (QED) is 0.295. The van der Waals surface area contributed by atoms with Crippen LogP contribution in [0.25, 0.3) is 0 Å². The van der Waals surface area contributed by atoms with Gasteiger partial charge in [0.05, 0.1) is 23.0 Å². The van der Waals surface area contributed by atoms with Crippen molar-refractivity contribution in [2.45, 2.75) is 71.6 Å². The molecule has 0 atom stereocenters. The molecule has 0 aromatic heterocycles. The van der Waals surface area contributed by atoms with Gasteiger partial charge in [-0.25, -0.2) is 0 Å². The van der Waals surface area contributed by atoms with Crippen LogP contribution in [-0.2, 0) is 26.8 Å². The summed E-state index contributed by atoms with van der Waals surface area (Å²) in [5.74, 6) is -0.993. The predicted molar refractivity (Wildman–Crippen MR) is 159 cm³/mol. The van der Waals surface area contributed by atoms with E-state index >= 15 is 0 Å². The number of aliphatic carboxylic acids is 1.